The molecule has 0 saturated carbocycles. The minimum absolute atomic E-state index is 0.275. The van der Waals surface area contributed by atoms with E-state index in [1.807, 2.05) is 13.0 Å². The first-order valence-corrected chi connectivity index (χ1v) is 5.66. The lowest BCUT2D eigenvalue weighted by atomic mass is 10.0. The van der Waals surface area contributed by atoms with Crippen molar-refractivity contribution in [2.75, 3.05) is 5.33 Å². The Kier molecular flexibility index (Phi) is 4.38. The Labute approximate surface area is 97.4 Å². The molecule has 0 aromatic heterocycles. The molecular weight excluding hydrogens is 256 g/mol. The summed E-state index contributed by atoms with van der Waals surface area (Å²) in [6.07, 6.45) is 0.716. The van der Waals surface area contributed by atoms with Gasteiger partial charge in [-0.25, -0.2) is 4.79 Å². The van der Waals surface area contributed by atoms with Gasteiger partial charge in [0, 0.05) is 17.3 Å². The van der Waals surface area contributed by atoms with E-state index in [1.165, 1.54) is 0 Å². The summed E-state index contributed by atoms with van der Waals surface area (Å²) < 4.78 is 0. The molecule has 78 valence electrons. The molecule has 0 bridgehead atoms. The second-order valence-electron chi connectivity index (χ2n) is 3.04. The molecule has 0 aliphatic rings. The van der Waals surface area contributed by atoms with Gasteiger partial charge in [0.2, 0.25) is 0 Å². The molecule has 15 heavy (non-hydrogen) atoms. The highest BCUT2D eigenvalue weighted by Crippen LogP contribution is 2.12. The summed E-state index contributed by atoms with van der Waals surface area (Å²) in [5.74, 6) is 4.90. The van der Waals surface area contributed by atoms with Crippen LogP contribution < -0.4 is 0 Å². The molecule has 0 heterocycles. The first-order valence-electron chi connectivity index (χ1n) is 4.54. The zero-order chi connectivity index (χ0) is 11.3. The number of carboxylic acids is 1. The van der Waals surface area contributed by atoms with Crippen molar-refractivity contribution >= 4 is 21.9 Å². The van der Waals surface area contributed by atoms with Crippen molar-refractivity contribution in [3.63, 3.8) is 0 Å². The Morgan fingerprint density at radius 3 is 2.87 bits per heavy atom. The van der Waals surface area contributed by atoms with Crippen LogP contribution in [0.2, 0.25) is 0 Å². The molecule has 0 unspecified atom stereocenters. The van der Waals surface area contributed by atoms with Crippen LogP contribution in [0.4, 0.5) is 0 Å². The quantitative estimate of drug-likeness (QED) is 0.660. The summed E-state index contributed by atoms with van der Waals surface area (Å²) in [6, 6.07) is 5.17. The summed E-state index contributed by atoms with van der Waals surface area (Å²) in [7, 11) is 0. The van der Waals surface area contributed by atoms with Gasteiger partial charge in [0.1, 0.15) is 0 Å². The molecule has 0 saturated heterocycles. The Hall–Kier alpha value is -1.27. The van der Waals surface area contributed by atoms with Gasteiger partial charge in [-0.15, -0.1) is 0 Å². The number of rotatable bonds is 2. The molecule has 0 amide bonds. The van der Waals surface area contributed by atoms with Crippen LogP contribution >= 0.6 is 15.9 Å². The number of hydrogen-bond donors (Lipinski definition) is 1. The van der Waals surface area contributed by atoms with Crippen molar-refractivity contribution in [3.05, 3.63) is 34.9 Å². The zero-order valence-corrected chi connectivity index (χ0v) is 9.97. The van der Waals surface area contributed by atoms with Crippen LogP contribution in [0.15, 0.2) is 18.2 Å². The highest BCUT2D eigenvalue weighted by Gasteiger charge is 2.09. The van der Waals surface area contributed by atoms with Crippen LogP contribution in [0, 0.1) is 18.8 Å². The number of carboxylic acid groups (broad SMARTS) is 1. The summed E-state index contributed by atoms with van der Waals surface area (Å²) >= 11 is 3.27. The maximum Gasteiger partial charge on any atom is 0.336 e. The first kappa shape index (κ1) is 11.8. The molecule has 1 N–H and O–H groups in total. The monoisotopic (exact) mass is 266 g/mol. The normalized spacial score (nSPS) is 9.20. The minimum Gasteiger partial charge on any atom is -0.478 e. The molecule has 0 radical (unpaired) electrons. The van der Waals surface area contributed by atoms with Crippen LogP contribution in [0.3, 0.4) is 0 Å². The Morgan fingerprint density at radius 2 is 2.27 bits per heavy atom. The van der Waals surface area contributed by atoms with Crippen LogP contribution in [0.5, 0.6) is 0 Å². The average molecular weight is 267 g/mol. The van der Waals surface area contributed by atoms with Gasteiger partial charge < -0.3 is 5.11 Å². The van der Waals surface area contributed by atoms with Crippen molar-refractivity contribution in [1.29, 1.82) is 0 Å². The van der Waals surface area contributed by atoms with E-state index >= 15 is 0 Å². The molecule has 1 aromatic carbocycles. The maximum absolute atomic E-state index is 10.9. The van der Waals surface area contributed by atoms with Crippen molar-refractivity contribution in [3.8, 4) is 11.8 Å². The molecule has 0 fully saturated rings. The number of halogens is 1. The first-order chi connectivity index (χ1) is 7.16. The third kappa shape index (κ3) is 3.10. The lowest BCUT2D eigenvalue weighted by Gasteiger charge is -2.02. The topological polar surface area (TPSA) is 37.3 Å². The van der Waals surface area contributed by atoms with Gasteiger partial charge in [0.15, 0.2) is 0 Å². The standard InChI is InChI=1S/C12H11BrO2/c1-9-5-4-7-11(12(14)15)10(9)6-2-3-8-13/h4-5,7H,3,8H2,1H3,(H,14,15). The van der Waals surface area contributed by atoms with Crippen LogP contribution in [-0.4, -0.2) is 16.4 Å². The number of aryl methyl sites for hydroxylation is 1. The minimum atomic E-state index is -0.929. The fourth-order valence-corrected chi connectivity index (χ4v) is 1.41. The van der Waals surface area contributed by atoms with Crippen LogP contribution in [-0.2, 0) is 0 Å². The highest BCUT2D eigenvalue weighted by molar-refractivity contribution is 9.09. The zero-order valence-electron chi connectivity index (χ0n) is 8.38. The second kappa shape index (κ2) is 5.57. The number of benzene rings is 1. The predicted octanol–water partition coefficient (Wildman–Crippen LogP) is 2.83. The van der Waals surface area contributed by atoms with Crippen molar-refractivity contribution in [2.24, 2.45) is 0 Å². The third-order valence-corrected chi connectivity index (χ3v) is 2.33. The van der Waals surface area contributed by atoms with E-state index in [1.54, 1.807) is 12.1 Å². The van der Waals surface area contributed by atoms with E-state index in [0.717, 1.165) is 10.9 Å². The Morgan fingerprint density at radius 1 is 1.53 bits per heavy atom. The molecule has 1 aromatic rings. The van der Waals surface area contributed by atoms with E-state index in [0.29, 0.717) is 12.0 Å². The smallest absolute Gasteiger partial charge is 0.336 e. The van der Waals surface area contributed by atoms with Crippen molar-refractivity contribution < 1.29 is 9.90 Å². The van der Waals surface area contributed by atoms with E-state index in [4.69, 9.17) is 5.11 Å². The van der Waals surface area contributed by atoms with Gasteiger partial charge >= 0.3 is 5.97 Å². The van der Waals surface area contributed by atoms with Gasteiger partial charge in [0.25, 0.3) is 0 Å². The van der Waals surface area contributed by atoms with Gasteiger partial charge in [-0.2, -0.15) is 0 Å². The molecule has 2 nitrogen and oxygen atoms in total. The lowest BCUT2D eigenvalue weighted by Crippen LogP contribution is -2.01. The van der Waals surface area contributed by atoms with E-state index < -0.39 is 5.97 Å². The van der Waals surface area contributed by atoms with Crippen molar-refractivity contribution in [2.45, 2.75) is 13.3 Å². The summed E-state index contributed by atoms with van der Waals surface area (Å²) in [4.78, 5) is 10.9. The van der Waals surface area contributed by atoms with Gasteiger partial charge in [-0.1, -0.05) is 39.9 Å². The lowest BCUT2D eigenvalue weighted by molar-refractivity contribution is 0.0696. The summed E-state index contributed by atoms with van der Waals surface area (Å²) in [6.45, 7) is 1.87. The van der Waals surface area contributed by atoms with Gasteiger partial charge in [0.05, 0.1) is 5.56 Å². The maximum atomic E-state index is 10.9. The van der Waals surface area contributed by atoms with Gasteiger partial charge in [-0.05, 0) is 18.6 Å². The molecule has 0 aliphatic heterocycles. The molecule has 0 atom stereocenters. The SMILES string of the molecule is Cc1cccc(C(=O)O)c1C#CCCBr. The number of carbonyl (C=O) groups is 1. The molecule has 1 rings (SSSR count). The third-order valence-electron chi connectivity index (χ3n) is 1.94. The van der Waals surface area contributed by atoms with Gasteiger partial charge in [-0.3, -0.25) is 0 Å². The molecular formula is C12H11BrO2. The van der Waals surface area contributed by atoms with Crippen LogP contribution in [0.1, 0.15) is 27.9 Å². The number of hydrogen-bond acceptors (Lipinski definition) is 1. The number of alkyl halides is 1. The fraction of sp³-hybridized carbons (Fsp3) is 0.250. The number of aromatic carboxylic acids is 1. The van der Waals surface area contributed by atoms with Crippen molar-refractivity contribution in [1.82, 2.24) is 0 Å². The molecule has 3 heteroatoms. The highest BCUT2D eigenvalue weighted by atomic mass is 79.9. The van der Waals surface area contributed by atoms with Crippen LogP contribution in [0.25, 0.3) is 0 Å². The van der Waals surface area contributed by atoms with E-state index in [-0.39, 0.29) is 5.56 Å². The summed E-state index contributed by atoms with van der Waals surface area (Å²) in [5.41, 5.74) is 1.79. The Bertz CT molecular complexity index is 427. The predicted molar refractivity (Wildman–Crippen MR) is 63.4 cm³/mol. The summed E-state index contributed by atoms with van der Waals surface area (Å²) in [5, 5.41) is 9.77. The molecule has 0 aliphatic carbocycles. The second-order valence-corrected chi connectivity index (χ2v) is 3.84. The largest absolute Gasteiger partial charge is 0.478 e. The average Bonchev–Trinajstić information content (AvgIpc) is 2.20. The molecule has 0 spiro atoms. The fourth-order valence-electron chi connectivity index (χ4n) is 1.21. The van der Waals surface area contributed by atoms with E-state index in [9.17, 15) is 4.79 Å². The Balaban J connectivity index is 3.15. The van der Waals surface area contributed by atoms with E-state index in [2.05, 4.69) is 27.8 Å².